The van der Waals surface area contributed by atoms with Gasteiger partial charge >= 0.3 is 0 Å². The Kier molecular flexibility index (Phi) is 3.67. The van der Waals surface area contributed by atoms with Gasteiger partial charge in [0.15, 0.2) is 0 Å². The summed E-state index contributed by atoms with van der Waals surface area (Å²) < 4.78 is 16.1. The topological polar surface area (TPSA) is 40.5 Å². The average Bonchev–Trinajstić information content (AvgIpc) is 2.84. The van der Waals surface area contributed by atoms with Crippen molar-refractivity contribution in [2.75, 3.05) is 6.61 Å². The van der Waals surface area contributed by atoms with Crippen molar-refractivity contribution < 1.29 is 14.6 Å². The van der Waals surface area contributed by atoms with Crippen LogP contribution in [0.4, 0.5) is 4.39 Å². The van der Waals surface area contributed by atoms with Crippen molar-refractivity contribution in [3.63, 3.8) is 0 Å². The molecule has 8 atom stereocenters. The monoisotopic (exact) mass is 324 g/mol. The maximum Gasteiger partial charge on any atom is 0.117 e. The van der Waals surface area contributed by atoms with E-state index >= 15 is 4.39 Å². The van der Waals surface area contributed by atoms with Gasteiger partial charge in [-0.2, -0.15) is 0 Å². The van der Waals surface area contributed by atoms with Gasteiger partial charge in [-0.1, -0.05) is 6.92 Å². The second kappa shape index (κ2) is 5.17. The molecule has 0 aromatic heterocycles. The zero-order valence-electron chi connectivity index (χ0n) is 14.7. The van der Waals surface area contributed by atoms with E-state index in [0.717, 1.165) is 32.1 Å². The third kappa shape index (κ3) is 2.25. The van der Waals surface area contributed by atoms with Crippen LogP contribution in [-0.2, 0) is 0 Å². The molecule has 8 unspecified atom stereocenters. The van der Waals surface area contributed by atoms with E-state index in [2.05, 4.69) is 6.92 Å². The first-order chi connectivity index (χ1) is 10.8. The van der Waals surface area contributed by atoms with Crippen molar-refractivity contribution in [3.8, 4) is 0 Å². The second-order valence-electron chi connectivity index (χ2n) is 9.78. The molecule has 4 fully saturated rings. The molecule has 2 nitrogen and oxygen atoms in total. The standard InChI is InChI=1S/C20H33FO2/c1-18(23)9-10-20(21)13(11-18)3-5-15-16-6-4-14(12-22)19(16,2)8-7-17(15)20/h13-17,22-23H,3-12H2,1-2H3. The third-order valence-electron chi connectivity index (χ3n) is 8.73. The number of aliphatic hydroxyl groups is 2. The molecule has 0 amide bonds. The molecule has 4 aliphatic rings. The van der Waals surface area contributed by atoms with E-state index in [0.29, 0.717) is 43.6 Å². The minimum Gasteiger partial charge on any atom is -0.396 e. The molecule has 0 aromatic rings. The largest absolute Gasteiger partial charge is 0.396 e. The summed E-state index contributed by atoms with van der Waals surface area (Å²) in [6, 6.07) is 0. The highest BCUT2D eigenvalue weighted by Gasteiger charge is 2.62. The molecule has 0 aliphatic heterocycles. The number of fused-ring (bicyclic) bond motifs is 5. The molecular formula is C20H33FO2. The number of rotatable bonds is 1. The lowest BCUT2D eigenvalue weighted by molar-refractivity contribution is -0.165. The molecule has 3 heteroatoms. The molecule has 0 aromatic carbocycles. The molecule has 132 valence electrons. The van der Waals surface area contributed by atoms with Gasteiger partial charge in [0.05, 0.1) is 5.60 Å². The molecule has 0 spiro atoms. The molecule has 0 bridgehead atoms. The predicted octanol–water partition coefficient (Wildman–Crippen LogP) is 4.09. The highest BCUT2D eigenvalue weighted by Crippen LogP contribution is 2.66. The molecule has 23 heavy (non-hydrogen) atoms. The van der Waals surface area contributed by atoms with Gasteiger partial charge in [0.25, 0.3) is 0 Å². The van der Waals surface area contributed by atoms with Gasteiger partial charge in [0.1, 0.15) is 5.67 Å². The van der Waals surface area contributed by atoms with Crippen molar-refractivity contribution in [2.45, 2.75) is 82.9 Å². The minimum atomic E-state index is -1.04. The fourth-order valence-electron chi connectivity index (χ4n) is 7.39. The fourth-order valence-corrected chi connectivity index (χ4v) is 7.39. The van der Waals surface area contributed by atoms with Crippen LogP contribution < -0.4 is 0 Å². The van der Waals surface area contributed by atoms with Crippen LogP contribution in [0.25, 0.3) is 0 Å². The Morgan fingerprint density at radius 2 is 1.74 bits per heavy atom. The van der Waals surface area contributed by atoms with Crippen LogP contribution in [0.15, 0.2) is 0 Å². The molecule has 4 aliphatic carbocycles. The van der Waals surface area contributed by atoms with Crippen molar-refractivity contribution in [1.29, 1.82) is 0 Å². The smallest absolute Gasteiger partial charge is 0.117 e. The lowest BCUT2D eigenvalue weighted by atomic mass is 9.48. The molecular weight excluding hydrogens is 291 g/mol. The van der Waals surface area contributed by atoms with Crippen molar-refractivity contribution in [1.82, 2.24) is 0 Å². The Morgan fingerprint density at radius 3 is 2.48 bits per heavy atom. The lowest BCUT2D eigenvalue weighted by Gasteiger charge is -2.59. The lowest BCUT2D eigenvalue weighted by Crippen LogP contribution is -2.58. The summed E-state index contributed by atoms with van der Waals surface area (Å²) in [7, 11) is 0. The molecule has 0 heterocycles. The van der Waals surface area contributed by atoms with E-state index in [1.54, 1.807) is 0 Å². The van der Waals surface area contributed by atoms with E-state index in [1.807, 2.05) is 6.92 Å². The first kappa shape index (κ1) is 16.3. The Morgan fingerprint density at radius 1 is 0.957 bits per heavy atom. The van der Waals surface area contributed by atoms with Crippen LogP contribution in [-0.4, -0.2) is 28.1 Å². The number of hydrogen-bond acceptors (Lipinski definition) is 2. The van der Waals surface area contributed by atoms with Gasteiger partial charge in [-0.05, 0) is 99.7 Å². The van der Waals surface area contributed by atoms with E-state index in [9.17, 15) is 10.2 Å². The molecule has 0 saturated heterocycles. The maximum atomic E-state index is 16.1. The van der Waals surface area contributed by atoms with Crippen LogP contribution in [0.5, 0.6) is 0 Å². The highest BCUT2D eigenvalue weighted by molar-refractivity contribution is 5.12. The SMILES string of the molecule is CC1(O)CCC2(F)C(CCC3C4CCC(CO)C4(C)CCC32)C1. The summed E-state index contributed by atoms with van der Waals surface area (Å²) in [6.07, 6.45) is 8.28. The zero-order chi connectivity index (χ0) is 16.5. The predicted molar refractivity (Wildman–Crippen MR) is 88.7 cm³/mol. The molecule has 0 radical (unpaired) electrons. The molecule has 4 saturated carbocycles. The number of aliphatic hydroxyl groups excluding tert-OH is 1. The fraction of sp³-hybridized carbons (Fsp3) is 1.00. The van der Waals surface area contributed by atoms with E-state index in [4.69, 9.17) is 0 Å². The van der Waals surface area contributed by atoms with E-state index < -0.39 is 11.3 Å². The average molecular weight is 324 g/mol. The number of halogens is 1. The summed E-state index contributed by atoms with van der Waals surface area (Å²) in [6.45, 7) is 4.56. The van der Waals surface area contributed by atoms with E-state index in [1.165, 1.54) is 6.42 Å². The summed E-state index contributed by atoms with van der Waals surface area (Å²) in [5.74, 6) is 1.80. The van der Waals surface area contributed by atoms with Crippen molar-refractivity contribution in [3.05, 3.63) is 0 Å². The van der Waals surface area contributed by atoms with Crippen LogP contribution in [0.3, 0.4) is 0 Å². The van der Waals surface area contributed by atoms with Gasteiger partial charge in [-0.15, -0.1) is 0 Å². The Hall–Kier alpha value is -0.150. The van der Waals surface area contributed by atoms with Crippen LogP contribution in [0.1, 0.15) is 71.6 Å². The second-order valence-corrected chi connectivity index (χ2v) is 9.78. The van der Waals surface area contributed by atoms with Crippen LogP contribution in [0, 0.1) is 35.0 Å². The Balaban J connectivity index is 1.60. The van der Waals surface area contributed by atoms with Gasteiger partial charge in [0.2, 0.25) is 0 Å². The minimum absolute atomic E-state index is 0.0619. The molecule has 4 rings (SSSR count). The first-order valence-corrected chi connectivity index (χ1v) is 9.82. The summed E-state index contributed by atoms with van der Waals surface area (Å²) in [5, 5.41) is 20.1. The first-order valence-electron chi connectivity index (χ1n) is 9.82. The molecule has 2 N–H and O–H groups in total. The number of alkyl halides is 1. The Bertz CT molecular complexity index is 478. The van der Waals surface area contributed by atoms with Gasteiger partial charge < -0.3 is 10.2 Å². The van der Waals surface area contributed by atoms with Gasteiger partial charge in [0, 0.05) is 6.61 Å². The van der Waals surface area contributed by atoms with Gasteiger partial charge in [-0.3, -0.25) is 0 Å². The van der Waals surface area contributed by atoms with Crippen molar-refractivity contribution in [2.24, 2.45) is 35.0 Å². The number of hydrogen-bond donors (Lipinski definition) is 2. The normalized spacial score (nSPS) is 59.1. The third-order valence-corrected chi connectivity index (χ3v) is 8.73. The van der Waals surface area contributed by atoms with Crippen LogP contribution >= 0.6 is 0 Å². The van der Waals surface area contributed by atoms with Crippen LogP contribution in [0.2, 0.25) is 0 Å². The maximum absolute atomic E-state index is 16.1. The quantitative estimate of drug-likeness (QED) is 0.762. The zero-order valence-corrected chi connectivity index (χ0v) is 14.7. The van der Waals surface area contributed by atoms with E-state index in [-0.39, 0.29) is 17.3 Å². The van der Waals surface area contributed by atoms with Gasteiger partial charge in [-0.25, -0.2) is 4.39 Å². The summed E-state index contributed by atoms with van der Waals surface area (Å²) in [5.41, 5.74) is -1.46. The highest BCUT2D eigenvalue weighted by atomic mass is 19.1. The Labute approximate surface area is 139 Å². The summed E-state index contributed by atoms with van der Waals surface area (Å²) >= 11 is 0. The van der Waals surface area contributed by atoms with Crippen molar-refractivity contribution >= 4 is 0 Å². The summed E-state index contributed by atoms with van der Waals surface area (Å²) in [4.78, 5) is 0.